The minimum Gasteiger partial charge on any atom is -0.497 e. The minimum atomic E-state index is -0.278. The molecule has 29 heavy (non-hydrogen) atoms. The molecule has 0 bridgehead atoms. The molecule has 0 unspecified atom stereocenters. The molecule has 146 valence electrons. The van der Waals surface area contributed by atoms with Crippen LogP contribution in [0.1, 0.15) is 0 Å². The van der Waals surface area contributed by atoms with E-state index in [0.29, 0.717) is 11.0 Å². The summed E-state index contributed by atoms with van der Waals surface area (Å²) in [6.07, 6.45) is 0. The standard InChI is InChI=1S/C23H18FNO3S/c1-26-18-9-3-15(4-10-18)21-22(16-5-11-19(27-2)12-6-16)28-23(25-21)29-20-13-7-17(24)8-14-20/h3-14H,1-2H3. The quantitative estimate of drug-likeness (QED) is 0.374. The smallest absolute Gasteiger partial charge is 0.261 e. The van der Waals surface area contributed by atoms with Gasteiger partial charge < -0.3 is 13.9 Å². The Morgan fingerprint density at radius 1 is 0.759 bits per heavy atom. The van der Waals surface area contributed by atoms with E-state index in [-0.39, 0.29) is 5.82 Å². The lowest BCUT2D eigenvalue weighted by Gasteiger charge is -2.04. The molecular weight excluding hydrogens is 389 g/mol. The topological polar surface area (TPSA) is 44.5 Å². The van der Waals surface area contributed by atoms with Gasteiger partial charge in [-0.3, -0.25) is 0 Å². The van der Waals surface area contributed by atoms with E-state index in [1.54, 1.807) is 26.4 Å². The van der Waals surface area contributed by atoms with Crippen molar-refractivity contribution in [2.24, 2.45) is 0 Å². The number of hydrogen-bond acceptors (Lipinski definition) is 5. The molecule has 1 aromatic heterocycles. The molecule has 0 atom stereocenters. The normalized spacial score (nSPS) is 10.7. The first-order chi connectivity index (χ1) is 14.2. The van der Waals surface area contributed by atoms with Crippen molar-refractivity contribution in [3.63, 3.8) is 0 Å². The third-order valence-corrected chi connectivity index (χ3v) is 5.20. The highest BCUT2D eigenvalue weighted by Gasteiger charge is 2.18. The largest absolute Gasteiger partial charge is 0.497 e. The highest BCUT2D eigenvalue weighted by molar-refractivity contribution is 7.99. The van der Waals surface area contributed by atoms with Gasteiger partial charge in [0.05, 0.1) is 14.2 Å². The summed E-state index contributed by atoms with van der Waals surface area (Å²) in [5.74, 6) is 1.91. The van der Waals surface area contributed by atoms with Gasteiger partial charge in [0.1, 0.15) is 23.0 Å². The number of oxazole rings is 1. The third-order valence-electron chi connectivity index (χ3n) is 4.34. The van der Waals surface area contributed by atoms with Crippen LogP contribution in [0.2, 0.25) is 0 Å². The highest BCUT2D eigenvalue weighted by Crippen LogP contribution is 2.38. The summed E-state index contributed by atoms with van der Waals surface area (Å²) in [5, 5.41) is 0.480. The highest BCUT2D eigenvalue weighted by atomic mass is 32.2. The lowest BCUT2D eigenvalue weighted by molar-refractivity contribution is 0.414. The number of halogens is 1. The van der Waals surface area contributed by atoms with E-state index in [1.807, 2.05) is 48.5 Å². The summed E-state index contributed by atoms with van der Waals surface area (Å²) in [6, 6.07) is 21.5. The lowest BCUT2D eigenvalue weighted by atomic mass is 10.1. The monoisotopic (exact) mass is 407 g/mol. The Bertz CT molecular complexity index is 1030. The lowest BCUT2D eigenvalue weighted by Crippen LogP contribution is -1.86. The fourth-order valence-electron chi connectivity index (χ4n) is 2.83. The summed E-state index contributed by atoms with van der Waals surface area (Å²) >= 11 is 1.34. The molecule has 0 N–H and O–H groups in total. The van der Waals surface area contributed by atoms with Crippen molar-refractivity contribution in [3.05, 3.63) is 78.6 Å². The zero-order valence-corrected chi connectivity index (χ0v) is 16.7. The van der Waals surface area contributed by atoms with Gasteiger partial charge in [0.2, 0.25) is 0 Å². The first-order valence-electron chi connectivity index (χ1n) is 8.89. The van der Waals surface area contributed by atoms with Crippen LogP contribution >= 0.6 is 11.8 Å². The Morgan fingerprint density at radius 3 is 1.86 bits per heavy atom. The molecule has 1 heterocycles. The molecule has 0 amide bonds. The van der Waals surface area contributed by atoms with Crippen LogP contribution in [0.5, 0.6) is 11.5 Å². The summed E-state index contributed by atoms with van der Waals surface area (Å²) in [5.41, 5.74) is 2.52. The van der Waals surface area contributed by atoms with Gasteiger partial charge in [-0.25, -0.2) is 9.37 Å². The number of ether oxygens (including phenoxy) is 2. The Morgan fingerprint density at radius 2 is 1.31 bits per heavy atom. The number of nitrogens with zero attached hydrogens (tertiary/aromatic N) is 1. The molecule has 4 aromatic rings. The molecule has 0 aliphatic carbocycles. The van der Waals surface area contributed by atoms with Crippen molar-refractivity contribution < 1.29 is 18.3 Å². The molecule has 0 radical (unpaired) electrons. The van der Waals surface area contributed by atoms with E-state index < -0.39 is 0 Å². The third kappa shape index (κ3) is 4.27. The second kappa shape index (κ2) is 8.41. The second-order valence-electron chi connectivity index (χ2n) is 6.17. The molecular formula is C23H18FNO3S. The number of benzene rings is 3. The van der Waals surface area contributed by atoms with Gasteiger partial charge in [0, 0.05) is 16.0 Å². The SMILES string of the molecule is COc1ccc(-c2nc(Sc3ccc(F)cc3)oc2-c2ccc(OC)cc2)cc1. The van der Waals surface area contributed by atoms with E-state index in [4.69, 9.17) is 18.9 Å². The fourth-order valence-corrected chi connectivity index (χ4v) is 3.57. The Balaban J connectivity index is 1.75. The first-order valence-corrected chi connectivity index (χ1v) is 9.71. The second-order valence-corrected chi connectivity index (χ2v) is 7.20. The molecule has 0 fully saturated rings. The van der Waals surface area contributed by atoms with Gasteiger partial charge in [-0.05, 0) is 84.6 Å². The predicted molar refractivity (Wildman–Crippen MR) is 111 cm³/mol. The van der Waals surface area contributed by atoms with Crippen molar-refractivity contribution in [1.82, 2.24) is 4.98 Å². The van der Waals surface area contributed by atoms with Crippen LogP contribution in [-0.2, 0) is 0 Å². The van der Waals surface area contributed by atoms with Gasteiger partial charge in [0.25, 0.3) is 5.22 Å². The summed E-state index contributed by atoms with van der Waals surface area (Å²) in [6.45, 7) is 0. The van der Waals surface area contributed by atoms with Crippen LogP contribution in [0.25, 0.3) is 22.6 Å². The van der Waals surface area contributed by atoms with E-state index in [1.165, 1.54) is 23.9 Å². The maximum atomic E-state index is 13.2. The van der Waals surface area contributed by atoms with E-state index in [9.17, 15) is 4.39 Å². The zero-order chi connectivity index (χ0) is 20.2. The first kappa shape index (κ1) is 19.1. The number of rotatable bonds is 6. The summed E-state index contributed by atoms with van der Waals surface area (Å²) in [7, 11) is 3.26. The van der Waals surface area contributed by atoms with Crippen LogP contribution in [0.3, 0.4) is 0 Å². The number of methoxy groups -OCH3 is 2. The number of aromatic nitrogens is 1. The van der Waals surface area contributed by atoms with Gasteiger partial charge in [-0.2, -0.15) is 0 Å². The molecule has 0 saturated carbocycles. The van der Waals surface area contributed by atoms with Crippen molar-refractivity contribution >= 4 is 11.8 Å². The average Bonchev–Trinajstić information content (AvgIpc) is 3.19. The van der Waals surface area contributed by atoms with Crippen molar-refractivity contribution in [1.29, 1.82) is 0 Å². The molecule has 4 nitrogen and oxygen atoms in total. The molecule has 3 aromatic carbocycles. The molecule has 6 heteroatoms. The van der Waals surface area contributed by atoms with Gasteiger partial charge in [-0.15, -0.1) is 0 Å². The van der Waals surface area contributed by atoms with Gasteiger partial charge >= 0.3 is 0 Å². The Kier molecular flexibility index (Phi) is 5.53. The van der Waals surface area contributed by atoms with Crippen LogP contribution < -0.4 is 9.47 Å². The van der Waals surface area contributed by atoms with Gasteiger partial charge in [0.15, 0.2) is 5.76 Å². The average molecular weight is 407 g/mol. The van der Waals surface area contributed by atoms with Gasteiger partial charge in [-0.1, -0.05) is 0 Å². The Hall–Kier alpha value is -3.25. The van der Waals surface area contributed by atoms with E-state index in [0.717, 1.165) is 33.2 Å². The maximum absolute atomic E-state index is 13.2. The summed E-state index contributed by atoms with van der Waals surface area (Å²) < 4.78 is 29.8. The van der Waals surface area contributed by atoms with Crippen LogP contribution in [0, 0.1) is 5.82 Å². The van der Waals surface area contributed by atoms with Crippen LogP contribution in [-0.4, -0.2) is 19.2 Å². The minimum absolute atomic E-state index is 0.278. The Labute approximate surface area is 172 Å². The van der Waals surface area contributed by atoms with Crippen molar-refractivity contribution in [2.75, 3.05) is 14.2 Å². The molecule has 0 aliphatic heterocycles. The van der Waals surface area contributed by atoms with Crippen LogP contribution in [0.15, 0.2) is 87.3 Å². The fraction of sp³-hybridized carbons (Fsp3) is 0.0870. The molecule has 0 saturated heterocycles. The predicted octanol–water partition coefficient (Wildman–Crippen LogP) is 6.32. The molecule has 4 rings (SSSR count). The van der Waals surface area contributed by atoms with E-state index >= 15 is 0 Å². The van der Waals surface area contributed by atoms with E-state index in [2.05, 4.69) is 0 Å². The zero-order valence-electron chi connectivity index (χ0n) is 15.9. The summed E-state index contributed by atoms with van der Waals surface area (Å²) in [4.78, 5) is 5.55. The maximum Gasteiger partial charge on any atom is 0.261 e. The van der Waals surface area contributed by atoms with Crippen molar-refractivity contribution in [2.45, 2.75) is 10.1 Å². The van der Waals surface area contributed by atoms with Crippen LogP contribution in [0.4, 0.5) is 4.39 Å². The number of hydrogen-bond donors (Lipinski definition) is 0. The van der Waals surface area contributed by atoms with Crippen molar-refractivity contribution in [3.8, 4) is 34.1 Å². The molecule has 0 aliphatic rings. The molecule has 0 spiro atoms.